The van der Waals surface area contributed by atoms with Gasteiger partial charge in [-0.25, -0.2) is 4.98 Å². The smallest absolute Gasteiger partial charge is 0.314 e. The quantitative estimate of drug-likeness (QED) is 0.281. The Morgan fingerprint density at radius 1 is 1.14 bits per heavy atom. The fourth-order valence-corrected chi connectivity index (χ4v) is 4.50. The molecule has 3 heterocycles. The Morgan fingerprint density at radius 3 is 2.65 bits per heavy atom. The number of nitrogens with zero attached hydrogens (tertiary/aromatic N) is 4. The highest BCUT2D eigenvalue weighted by Crippen LogP contribution is 2.49. The number of aromatic nitrogens is 5. The highest BCUT2D eigenvalue weighted by Gasteiger charge is 2.51. The summed E-state index contributed by atoms with van der Waals surface area (Å²) in [6.45, 7) is 5.06. The average molecular weight is 499 g/mol. The summed E-state index contributed by atoms with van der Waals surface area (Å²) in [5, 5.41) is 20.3. The molecule has 0 spiro atoms. The van der Waals surface area contributed by atoms with E-state index in [9.17, 15) is 9.90 Å². The molecule has 0 saturated heterocycles. The van der Waals surface area contributed by atoms with Crippen molar-refractivity contribution in [1.29, 1.82) is 0 Å². The standard InChI is InChI=1S/C28H30N6O3/c1-17(2)24-13-29-15-26(33-24)31-14-25-22(12-32-34-25)23-7-4-18(11-30-23)21-6-5-20(10-19(21)16-37-3)28(8-9-28)27(35)36/h4-7,10-13,15,17H,8-9,14,16H2,1-3H3,(H,31,33)(H,32,34)(H,35,36). The zero-order valence-electron chi connectivity index (χ0n) is 21.2. The number of pyridine rings is 1. The molecule has 1 fully saturated rings. The van der Waals surface area contributed by atoms with Crippen LogP contribution < -0.4 is 5.32 Å². The lowest BCUT2D eigenvalue weighted by Gasteiger charge is -2.15. The van der Waals surface area contributed by atoms with Crippen LogP contribution in [0.15, 0.2) is 55.1 Å². The summed E-state index contributed by atoms with van der Waals surface area (Å²) in [5.74, 6) is 0.243. The first-order valence-electron chi connectivity index (χ1n) is 12.3. The predicted molar refractivity (Wildman–Crippen MR) is 140 cm³/mol. The Balaban J connectivity index is 1.36. The van der Waals surface area contributed by atoms with Crippen LogP contribution in [0.1, 0.15) is 55.1 Å². The highest BCUT2D eigenvalue weighted by molar-refractivity contribution is 5.85. The lowest BCUT2D eigenvalue weighted by atomic mass is 9.91. The second kappa shape index (κ2) is 10.1. The number of H-pyrrole nitrogens is 1. The summed E-state index contributed by atoms with van der Waals surface area (Å²) in [6, 6.07) is 9.84. The highest BCUT2D eigenvalue weighted by atomic mass is 16.5. The van der Waals surface area contributed by atoms with Gasteiger partial charge >= 0.3 is 5.97 Å². The topological polar surface area (TPSA) is 126 Å². The Bertz CT molecular complexity index is 1410. The van der Waals surface area contributed by atoms with Gasteiger partial charge in [-0.1, -0.05) is 38.1 Å². The molecular formula is C28H30N6O3. The van der Waals surface area contributed by atoms with Gasteiger partial charge < -0.3 is 15.2 Å². The number of aromatic amines is 1. The Morgan fingerprint density at radius 2 is 1.97 bits per heavy atom. The van der Waals surface area contributed by atoms with Gasteiger partial charge in [0.1, 0.15) is 5.82 Å². The third-order valence-electron chi connectivity index (χ3n) is 6.88. The minimum absolute atomic E-state index is 0.298. The van der Waals surface area contributed by atoms with Gasteiger partial charge in [-0.15, -0.1) is 0 Å². The second-order valence-corrected chi connectivity index (χ2v) is 9.72. The summed E-state index contributed by atoms with van der Waals surface area (Å²) in [7, 11) is 1.64. The van der Waals surface area contributed by atoms with Crippen molar-refractivity contribution in [2.75, 3.05) is 12.4 Å². The van der Waals surface area contributed by atoms with E-state index in [0.29, 0.717) is 37.7 Å². The summed E-state index contributed by atoms with van der Waals surface area (Å²) >= 11 is 0. The Hall–Kier alpha value is -4.11. The summed E-state index contributed by atoms with van der Waals surface area (Å²) < 4.78 is 5.42. The lowest BCUT2D eigenvalue weighted by Crippen LogP contribution is -2.19. The number of hydrogen-bond acceptors (Lipinski definition) is 7. The van der Waals surface area contributed by atoms with E-state index >= 15 is 0 Å². The SMILES string of the molecule is COCc1cc(C2(C(=O)O)CC2)ccc1-c1ccc(-c2cn[nH]c2CNc2cncc(C(C)C)n2)nc1. The van der Waals surface area contributed by atoms with Gasteiger partial charge in [0, 0.05) is 30.6 Å². The van der Waals surface area contributed by atoms with Crippen LogP contribution in [0.3, 0.4) is 0 Å². The maximum absolute atomic E-state index is 11.8. The van der Waals surface area contributed by atoms with Crippen LogP contribution in [0.4, 0.5) is 5.82 Å². The van der Waals surface area contributed by atoms with E-state index < -0.39 is 11.4 Å². The van der Waals surface area contributed by atoms with Crippen molar-refractivity contribution < 1.29 is 14.6 Å². The van der Waals surface area contributed by atoms with Crippen LogP contribution in [-0.2, 0) is 28.1 Å². The molecule has 3 N–H and O–H groups in total. The van der Waals surface area contributed by atoms with Crippen molar-refractivity contribution in [3.8, 4) is 22.4 Å². The number of carboxylic acids is 1. The fraction of sp³-hybridized carbons (Fsp3) is 0.321. The largest absolute Gasteiger partial charge is 0.481 e. The van der Waals surface area contributed by atoms with E-state index in [-0.39, 0.29) is 0 Å². The molecule has 9 heteroatoms. The van der Waals surface area contributed by atoms with Crippen LogP contribution in [0.5, 0.6) is 0 Å². The van der Waals surface area contributed by atoms with Crippen LogP contribution in [0.2, 0.25) is 0 Å². The van der Waals surface area contributed by atoms with Gasteiger partial charge in [-0.2, -0.15) is 5.10 Å². The van der Waals surface area contributed by atoms with Crippen LogP contribution in [-0.4, -0.2) is 43.3 Å². The monoisotopic (exact) mass is 498 g/mol. The number of hydrogen-bond donors (Lipinski definition) is 3. The van der Waals surface area contributed by atoms with E-state index in [0.717, 1.165) is 44.9 Å². The molecule has 9 nitrogen and oxygen atoms in total. The number of methoxy groups -OCH3 is 1. The van der Waals surface area contributed by atoms with Crippen molar-refractivity contribution in [3.05, 3.63) is 77.6 Å². The molecule has 37 heavy (non-hydrogen) atoms. The van der Waals surface area contributed by atoms with Crippen molar-refractivity contribution in [3.63, 3.8) is 0 Å². The molecule has 1 aliphatic carbocycles. The molecule has 0 amide bonds. The normalized spacial score (nSPS) is 14.1. The second-order valence-electron chi connectivity index (χ2n) is 9.72. The molecule has 1 aliphatic rings. The Labute approximate surface area is 215 Å². The first-order chi connectivity index (χ1) is 17.9. The van der Waals surface area contributed by atoms with Gasteiger partial charge in [0.25, 0.3) is 0 Å². The zero-order valence-corrected chi connectivity index (χ0v) is 21.2. The number of carbonyl (C=O) groups is 1. The third kappa shape index (κ3) is 4.95. The molecule has 0 radical (unpaired) electrons. The predicted octanol–water partition coefficient (Wildman–Crippen LogP) is 4.93. The molecule has 0 unspecified atom stereocenters. The van der Waals surface area contributed by atoms with Crippen molar-refractivity contribution in [2.24, 2.45) is 0 Å². The number of ether oxygens (including phenoxy) is 1. The number of rotatable bonds is 10. The summed E-state index contributed by atoms with van der Waals surface area (Å²) in [6.07, 6.45) is 8.42. The van der Waals surface area contributed by atoms with E-state index in [1.165, 1.54) is 0 Å². The number of carboxylic acid groups (broad SMARTS) is 1. The van der Waals surface area contributed by atoms with Gasteiger partial charge in [0.15, 0.2) is 0 Å². The molecule has 0 bridgehead atoms. The van der Waals surface area contributed by atoms with Gasteiger partial charge in [-0.05, 0) is 41.5 Å². The molecule has 190 valence electrons. The number of aliphatic carboxylic acids is 1. The van der Waals surface area contributed by atoms with Gasteiger partial charge in [-0.3, -0.25) is 19.9 Å². The number of anilines is 1. The number of nitrogens with one attached hydrogen (secondary N) is 2. The minimum Gasteiger partial charge on any atom is -0.481 e. The van der Waals surface area contributed by atoms with Crippen LogP contribution >= 0.6 is 0 Å². The summed E-state index contributed by atoms with van der Waals surface area (Å²) in [5.41, 5.74) is 6.46. The van der Waals surface area contributed by atoms with Crippen molar-refractivity contribution in [2.45, 2.75) is 51.2 Å². The first kappa shape index (κ1) is 24.6. The first-order valence-corrected chi connectivity index (χ1v) is 12.3. The minimum atomic E-state index is -0.764. The number of benzene rings is 1. The van der Waals surface area contributed by atoms with Crippen molar-refractivity contribution in [1.82, 2.24) is 25.1 Å². The molecule has 1 saturated carbocycles. The van der Waals surface area contributed by atoms with E-state index in [4.69, 9.17) is 9.72 Å². The van der Waals surface area contributed by atoms with Gasteiger partial charge in [0.2, 0.25) is 0 Å². The molecule has 0 atom stereocenters. The third-order valence-corrected chi connectivity index (χ3v) is 6.88. The summed E-state index contributed by atoms with van der Waals surface area (Å²) in [4.78, 5) is 25.4. The fourth-order valence-electron chi connectivity index (χ4n) is 4.50. The maximum Gasteiger partial charge on any atom is 0.314 e. The zero-order chi connectivity index (χ0) is 26.0. The van der Waals surface area contributed by atoms with Crippen LogP contribution in [0, 0.1) is 0 Å². The van der Waals surface area contributed by atoms with E-state index in [1.54, 1.807) is 25.7 Å². The Kier molecular flexibility index (Phi) is 6.71. The molecule has 1 aromatic carbocycles. The lowest BCUT2D eigenvalue weighted by molar-refractivity contribution is -0.140. The molecule has 5 rings (SSSR count). The maximum atomic E-state index is 11.8. The molecular weight excluding hydrogens is 468 g/mol. The van der Waals surface area contributed by atoms with E-state index in [2.05, 4.69) is 39.3 Å². The molecule has 3 aromatic heterocycles. The molecule has 0 aliphatic heterocycles. The van der Waals surface area contributed by atoms with Crippen molar-refractivity contribution >= 4 is 11.8 Å². The average Bonchev–Trinajstić information content (AvgIpc) is 3.60. The van der Waals surface area contributed by atoms with Gasteiger partial charge in [0.05, 0.1) is 48.0 Å². The molecule has 4 aromatic rings. The van der Waals surface area contributed by atoms with Crippen LogP contribution in [0.25, 0.3) is 22.4 Å². The van der Waals surface area contributed by atoms with E-state index in [1.807, 2.05) is 36.5 Å².